The molecule has 2 aromatic carbocycles. The molecule has 5 rings (SSSR count). The highest BCUT2D eigenvalue weighted by Crippen LogP contribution is 2.30. The number of para-hydroxylation sites is 1. The molecule has 3 amide bonds. The highest BCUT2D eigenvalue weighted by molar-refractivity contribution is 7.22. The van der Waals surface area contributed by atoms with Crippen LogP contribution in [-0.2, 0) is 9.59 Å². The molecule has 2 fully saturated rings. The molecule has 1 aliphatic carbocycles. The van der Waals surface area contributed by atoms with Crippen LogP contribution in [-0.4, -0.2) is 40.2 Å². The number of thiazole rings is 1. The Kier molecular flexibility index (Phi) is 5.15. The molecule has 2 heterocycles. The second kappa shape index (κ2) is 8.11. The first-order valence-corrected chi connectivity index (χ1v) is 11.3. The summed E-state index contributed by atoms with van der Waals surface area (Å²) in [4.78, 5) is 43.9. The number of fused-ring (bicyclic) bond motifs is 1. The lowest BCUT2D eigenvalue weighted by Crippen LogP contribution is -2.43. The summed E-state index contributed by atoms with van der Waals surface area (Å²) in [6, 6.07) is 14.1. The Morgan fingerprint density at radius 3 is 2.45 bits per heavy atom. The fourth-order valence-corrected chi connectivity index (χ4v) is 4.72. The van der Waals surface area contributed by atoms with E-state index in [1.165, 1.54) is 11.3 Å². The summed E-state index contributed by atoms with van der Waals surface area (Å²) < 4.78 is 1.01. The highest BCUT2D eigenvalue weighted by atomic mass is 32.1. The second-order valence-electron chi connectivity index (χ2n) is 7.97. The number of aromatic nitrogens is 1. The molecule has 2 aliphatic rings. The maximum absolute atomic E-state index is 13.1. The van der Waals surface area contributed by atoms with Crippen LogP contribution >= 0.6 is 11.3 Å². The van der Waals surface area contributed by atoms with Gasteiger partial charge in [-0.1, -0.05) is 23.5 Å². The zero-order valence-corrected chi connectivity index (χ0v) is 17.7. The molecule has 8 heteroatoms. The van der Waals surface area contributed by atoms with Crippen LogP contribution in [0.2, 0.25) is 0 Å². The predicted molar refractivity (Wildman–Crippen MR) is 120 cm³/mol. The van der Waals surface area contributed by atoms with Gasteiger partial charge in [-0.25, -0.2) is 4.98 Å². The molecule has 0 radical (unpaired) electrons. The summed E-state index contributed by atoms with van der Waals surface area (Å²) in [6.07, 6.45) is 3.28. The molecule has 1 atom stereocenters. The Morgan fingerprint density at radius 1 is 0.935 bits per heavy atom. The van der Waals surface area contributed by atoms with Crippen molar-refractivity contribution in [2.75, 3.05) is 17.2 Å². The van der Waals surface area contributed by atoms with Gasteiger partial charge in [0, 0.05) is 23.7 Å². The third kappa shape index (κ3) is 4.16. The number of hydrogen-bond acceptors (Lipinski definition) is 5. The number of anilines is 2. The zero-order chi connectivity index (χ0) is 21.4. The number of benzene rings is 2. The van der Waals surface area contributed by atoms with Crippen LogP contribution in [0.3, 0.4) is 0 Å². The maximum atomic E-state index is 13.1. The number of nitrogens with one attached hydrogen (secondary N) is 2. The van der Waals surface area contributed by atoms with Crippen LogP contribution in [0, 0.1) is 5.92 Å². The lowest BCUT2D eigenvalue weighted by Gasteiger charge is -2.23. The number of carbonyl (C=O) groups is 3. The number of likely N-dealkylation sites (tertiary alicyclic amines) is 1. The Labute approximate surface area is 183 Å². The van der Waals surface area contributed by atoms with E-state index in [1.807, 2.05) is 24.3 Å². The molecule has 0 bridgehead atoms. The molecule has 3 aromatic rings. The Bertz CT molecular complexity index is 1120. The second-order valence-corrected chi connectivity index (χ2v) is 9.00. The Morgan fingerprint density at radius 2 is 1.71 bits per heavy atom. The van der Waals surface area contributed by atoms with Gasteiger partial charge in [-0.05, 0) is 62.1 Å². The smallest absolute Gasteiger partial charge is 0.254 e. The van der Waals surface area contributed by atoms with Crippen molar-refractivity contribution >= 4 is 50.1 Å². The molecule has 1 aliphatic heterocycles. The SMILES string of the molecule is O=C(Nc1ccc(C(=O)N2CCCC2C(=O)Nc2nc3ccccc3s2)cc1)C1CC1. The van der Waals surface area contributed by atoms with Gasteiger partial charge in [-0.2, -0.15) is 0 Å². The van der Waals surface area contributed by atoms with Crippen molar-refractivity contribution in [1.29, 1.82) is 0 Å². The van der Waals surface area contributed by atoms with Crippen molar-refractivity contribution in [1.82, 2.24) is 9.88 Å². The normalized spacial score (nSPS) is 18.2. The van der Waals surface area contributed by atoms with Crippen LogP contribution in [0.25, 0.3) is 10.2 Å². The van der Waals surface area contributed by atoms with E-state index >= 15 is 0 Å². The van der Waals surface area contributed by atoms with Gasteiger partial charge in [-0.3, -0.25) is 14.4 Å². The van der Waals surface area contributed by atoms with Gasteiger partial charge >= 0.3 is 0 Å². The fraction of sp³-hybridized carbons (Fsp3) is 0.304. The van der Waals surface area contributed by atoms with Gasteiger partial charge in [-0.15, -0.1) is 0 Å². The molecule has 1 saturated heterocycles. The van der Waals surface area contributed by atoms with Gasteiger partial charge in [0.25, 0.3) is 5.91 Å². The molecule has 1 unspecified atom stereocenters. The van der Waals surface area contributed by atoms with Crippen molar-refractivity contribution in [2.45, 2.75) is 31.7 Å². The van der Waals surface area contributed by atoms with Crippen LogP contribution in [0.1, 0.15) is 36.0 Å². The van der Waals surface area contributed by atoms with Crippen molar-refractivity contribution in [2.24, 2.45) is 5.92 Å². The lowest BCUT2D eigenvalue weighted by atomic mass is 10.1. The molecule has 2 N–H and O–H groups in total. The minimum Gasteiger partial charge on any atom is -0.327 e. The summed E-state index contributed by atoms with van der Waals surface area (Å²) in [5.74, 6) is -0.231. The first-order chi connectivity index (χ1) is 15.1. The number of nitrogens with zero attached hydrogens (tertiary/aromatic N) is 2. The van der Waals surface area contributed by atoms with E-state index < -0.39 is 6.04 Å². The number of amides is 3. The van der Waals surface area contributed by atoms with Crippen molar-refractivity contribution < 1.29 is 14.4 Å². The van der Waals surface area contributed by atoms with Gasteiger partial charge in [0.15, 0.2) is 5.13 Å². The van der Waals surface area contributed by atoms with Crippen LogP contribution < -0.4 is 10.6 Å². The van der Waals surface area contributed by atoms with E-state index in [1.54, 1.807) is 29.2 Å². The van der Waals surface area contributed by atoms with E-state index in [0.717, 1.165) is 29.5 Å². The molecule has 1 aromatic heterocycles. The summed E-state index contributed by atoms with van der Waals surface area (Å²) >= 11 is 1.42. The fourth-order valence-electron chi connectivity index (χ4n) is 3.85. The van der Waals surface area contributed by atoms with E-state index in [0.29, 0.717) is 29.3 Å². The highest BCUT2D eigenvalue weighted by Gasteiger charge is 2.35. The number of rotatable bonds is 5. The zero-order valence-electron chi connectivity index (χ0n) is 16.8. The van der Waals surface area contributed by atoms with E-state index in [9.17, 15) is 14.4 Å². The summed E-state index contributed by atoms with van der Waals surface area (Å²) in [6.45, 7) is 0.539. The predicted octanol–water partition coefficient (Wildman–Crippen LogP) is 3.89. The minimum absolute atomic E-state index is 0.0326. The van der Waals surface area contributed by atoms with Crippen molar-refractivity contribution in [3.8, 4) is 0 Å². The third-order valence-electron chi connectivity index (χ3n) is 5.69. The molecule has 1 saturated carbocycles. The average Bonchev–Trinajstić information content (AvgIpc) is 3.37. The Balaban J connectivity index is 1.26. The monoisotopic (exact) mass is 434 g/mol. The van der Waals surface area contributed by atoms with Crippen molar-refractivity contribution in [3.05, 3.63) is 54.1 Å². The molecule has 7 nitrogen and oxygen atoms in total. The minimum atomic E-state index is -0.520. The lowest BCUT2D eigenvalue weighted by molar-refractivity contribution is -0.120. The van der Waals surface area contributed by atoms with Gasteiger partial charge in [0.2, 0.25) is 11.8 Å². The summed E-state index contributed by atoms with van der Waals surface area (Å²) in [5, 5.41) is 6.30. The van der Waals surface area contributed by atoms with E-state index in [-0.39, 0.29) is 23.6 Å². The molecular formula is C23H22N4O3S. The molecular weight excluding hydrogens is 412 g/mol. The summed E-state index contributed by atoms with van der Waals surface area (Å²) in [7, 11) is 0. The van der Waals surface area contributed by atoms with Crippen LogP contribution in [0.15, 0.2) is 48.5 Å². The standard InChI is InChI=1S/C23H22N4O3S/c28-20(14-7-8-14)24-16-11-9-15(10-12-16)22(30)27-13-3-5-18(27)21(29)26-23-25-17-4-1-2-6-19(17)31-23/h1-2,4,6,9-12,14,18H,3,5,7-8,13H2,(H,24,28)(H,25,26,29). The molecule has 0 spiro atoms. The van der Waals surface area contributed by atoms with Gasteiger partial charge < -0.3 is 15.5 Å². The van der Waals surface area contributed by atoms with Crippen LogP contribution in [0.5, 0.6) is 0 Å². The first kappa shape index (κ1) is 19.7. The van der Waals surface area contributed by atoms with Gasteiger partial charge in [0.1, 0.15) is 6.04 Å². The third-order valence-corrected chi connectivity index (χ3v) is 6.64. The molecule has 158 valence electrons. The topological polar surface area (TPSA) is 91.4 Å². The maximum Gasteiger partial charge on any atom is 0.254 e. The van der Waals surface area contributed by atoms with Crippen molar-refractivity contribution in [3.63, 3.8) is 0 Å². The van der Waals surface area contributed by atoms with E-state index in [4.69, 9.17) is 0 Å². The number of hydrogen-bond donors (Lipinski definition) is 2. The Hall–Kier alpha value is -3.26. The van der Waals surface area contributed by atoms with Crippen LogP contribution in [0.4, 0.5) is 10.8 Å². The molecule has 31 heavy (non-hydrogen) atoms. The van der Waals surface area contributed by atoms with Gasteiger partial charge in [0.05, 0.1) is 10.2 Å². The average molecular weight is 435 g/mol. The quantitative estimate of drug-likeness (QED) is 0.637. The summed E-state index contributed by atoms with van der Waals surface area (Å²) in [5.41, 5.74) is 2.03. The van der Waals surface area contributed by atoms with E-state index in [2.05, 4.69) is 15.6 Å². The largest absolute Gasteiger partial charge is 0.327 e. The first-order valence-electron chi connectivity index (χ1n) is 10.5. The number of carbonyl (C=O) groups excluding carboxylic acids is 3.